The summed E-state index contributed by atoms with van der Waals surface area (Å²) in [5.74, 6) is 0.581. The van der Waals surface area contributed by atoms with Crippen LogP contribution in [0.2, 0.25) is 0 Å². The summed E-state index contributed by atoms with van der Waals surface area (Å²) in [7, 11) is 0. The average molecular weight is 437 g/mol. The molecule has 0 bridgehead atoms. The molecule has 1 aromatic heterocycles. The van der Waals surface area contributed by atoms with Gasteiger partial charge >= 0.3 is 0 Å². The number of aryl methyl sites for hydroxylation is 1. The summed E-state index contributed by atoms with van der Waals surface area (Å²) in [5, 5.41) is 14.6. The molecule has 0 saturated heterocycles. The van der Waals surface area contributed by atoms with E-state index in [-0.39, 0.29) is 5.91 Å². The van der Waals surface area contributed by atoms with E-state index in [1.54, 1.807) is 16.9 Å². The van der Waals surface area contributed by atoms with Gasteiger partial charge in [0.05, 0.1) is 12.3 Å². The van der Waals surface area contributed by atoms with Gasteiger partial charge in [-0.25, -0.2) is 0 Å². The second-order valence-corrected chi connectivity index (χ2v) is 7.97. The Morgan fingerprint density at radius 2 is 1.67 bits per heavy atom. The largest absolute Gasteiger partial charge is 0.494 e. The Bertz CT molecular complexity index is 1450. The number of benzene rings is 4. The molecule has 1 N–H and O–H groups in total. The highest BCUT2D eigenvalue weighted by atomic mass is 16.5. The van der Waals surface area contributed by atoms with E-state index in [9.17, 15) is 4.79 Å². The van der Waals surface area contributed by atoms with Crippen molar-refractivity contribution < 1.29 is 9.53 Å². The number of rotatable bonds is 6. The fraction of sp³-hybridized carbons (Fsp3) is 0.148. The monoisotopic (exact) mass is 436 g/mol. The lowest BCUT2D eigenvalue weighted by molar-refractivity contribution is 0.102. The van der Waals surface area contributed by atoms with Crippen molar-refractivity contribution in [1.29, 1.82) is 0 Å². The summed E-state index contributed by atoms with van der Waals surface area (Å²) in [5.41, 5.74) is 4.60. The Balaban J connectivity index is 1.43. The molecule has 6 nitrogen and oxygen atoms in total. The highest BCUT2D eigenvalue weighted by molar-refractivity contribution is 6.05. The summed E-state index contributed by atoms with van der Waals surface area (Å²) in [6.07, 6.45) is 0.940. The van der Waals surface area contributed by atoms with E-state index in [1.165, 1.54) is 0 Å². The van der Waals surface area contributed by atoms with Crippen molar-refractivity contribution in [1.82, 2.24) is 15.0 Å². The van der Waals surface area contributed by atoms with Crippen LogP contribution in [0.25, 0.3) is 27.5 Å². The molecule has 0 spiro atoms. The summed E-state index contributed by atoms with van der Waals surface area (Å²) in [6.45, 7) is 4.67. The molecule has 0 atom stereocenters. The number of ether oxygens (including phenoxy) is 1. The van der Waals surface area contributed by atoms with E-state index in [2.05, 4.69) is 35.5 Å². The number of aromatic nitrogens is 3. The molecular weight excluding hydrogens is 412 g/mol. The lowest BCUT2D eigenvalue weighted by Gasteiger charge is -2.09. The summed E-state index contributed by atoms with van der Waals surface area (Å²) in [4.78, 5) is 14.5. The molecule has 4 aromatic carbocycles. The number of carbonyl (C=O) groups excluding carboxylic acids is 1. The van der Waals surface area contributed by atoms with Crippen LogP contribution in [-0.2, 0) is 0 Å². The summed E-state index contributed by atoms with van der Waals surface area (Å²) < 4.78 is 5.59. The van der Waals surface area contributed by atoms with Crippen molar-refractivity contribution in [3.63, 3.8) is 0 Å². The van der Waals surface area contributed by atoms with Gasteiger partial charge in [0.15, 0.2) is 0 Å². The van der Waals surface area contributed by atoms with Crippen LogP contribution < -0.4 is 10.1 Å². The predicted octanol–water partition coefficient (Wildman–Crippen LogP) is 5.92. The maximum atomic E-state index is 12.8. The number of fused-ring (bicyclic) bond motifs is 2. The van der Waals surface area contributed by atoms with Gasteiger partial charge in [0.25, 0.3) is 5.91 Å². The van der Waals surface area contributed by atoms with Crippen molar-refractivity contribution in [3.05, 3.63) is 90.0 Å². The van der Waals surface area contributed by atoms with Crippen LogP contribution in [0.3, 0.4) is 0 Å². The summed E-state index contributed by atoms with van der Waals surface area (Å²) >= 11 is 0. The van der Waals surface area contributed by atoms with Crippen molar-refractivity contribution in [2.45, 2.75) is 20.3 Å². The molecule has 33 heavy (non-hydrogen) atoms. The zero-order valence-corrected chi connectivity index (χ0v) is 18.6. The maximum Gasteiger partial charge on any atom is 0.255 e. The molecular formula is C27H24N4O2. The third kappa shape index (κ3) is 4.15. The van der Waals surface area contributed by atoms with E-state index in [0.717, 1.165) is 39.7 Å². The van der Waals surface area contributed by atoms with Crippen molar-refractivity contribution in [2.24, 2.45) is 0 Å². The lowest BCUT2D eigenvalue weighted by atomic mass is 10.1. The molecule has 1 amide bonds. The number of hydrogen-bond donors (Lipinski definition) is 1. The van der Waals surface area contributed by atoms with E-state index >= 15 is 0 Å². The number of hydrogen-bond acceptors (Lipinski definition) is 4. The fourth-order valence-corrected chi connectivity index (χ4v) is 3.81. The topological polar surface area (TPSA) is 69.0 Å². The van der Waals surface area contributed by atoms with E-state index < -0.39 is 0 Å². The SMILES string of the molecule is CCCOc1ccc(C(=O)Nc2cc3nn(-c4cccc5ccccc45)nc3cc2C)cc1. The van der Waals surface area contributed by atoms with Crippen LogP contribution in [-0.4, -0.2) is 27.5 Å². The van der Waals surface area contributed by atoms with Gasteiger partial charge in [-0.1, -0.05) is 43.3 Å². The molecule has 0 fully saturated rings. The minimum Gasteiger partial charge on any atom is -0.494 e. The number of amides is 1. The van der Waals surface area contributed by atoms with Gasteiger partial charge in [0.1, 0.15) is 16.8 Å². The Kier molecular flexibility index (Phi) is 5.48. The highest BCUT2D eigenvalue weighted by Crippen LogP contribution is 2.25. The van der Waals surface area contributed by atoms with Gasteiger partial charge in [0.2, 0.25) is 0 Å². The van der Waals surface area contributed by atoms with Crippen LogP contribution in [0.5, 0.6) is 5.75 Å². The summed E-state index contributed by atoms with van der Waals surface area (Å²) in [6, 6.07) is 25.2. The van der Waals surface area contributed by atoms with Crippen LogP contribution in [0, 0.1) is 6.92 Å². The minimum atomic E-state index is -0.180. The van der Waals surface area contributed by atoms with Crippen molar-refractivity contribution in [2.75, 3.05) is 11.9 Å². The normalized spacial score (nSPS) is 11.1. The molecule has 5 aromatic rings. The van der Waals surface area contributed by atoms with Crippen LogP contribution in [0.15, 0.2) is 78.9 Å². The van der Waals surface area contributed by atoms with E-state index in [0.29, 0.717) is 23.4 Å². The molecule has 0 unspecified atom stereocenters. The molecule has 1 heterocycles. The van der Waals surface area contributed by atoms with Gasteiger partial charge in [-0.3, -0.25) is 4.79 Å². The molecule has 0 aliphatic carbocycles. The lowest BCUT2D eigenvalue weighted by Crippen LogP contribution is -2.12. The maximum absolute atomic E-state index is 12.8. The number of carbonyl (C=O) groups is 1. The molecule has 0 aliphatic rings. The fourth-order valence-electron chi connectivity index (χ4n) is 3.81. The zero-order chi connectivity index (χ0) is 22.8. The zero-order valence-electron chi connectivity index (χ0n) is 18.6. The first-order valence-corrected chi connectivity index (χ1v) is 11.0. The van der Waals surface area contributed by atoms with Gasteiger partial charge in [0, 0.05) is 16.6 Å². The van der Waals surface area contributed by atoms with Crippen LogP contribution in [0.4, 0.5) is 5.69 Å². The smallest absolute Gasteiger partial charge is 0.255 e. The van der Waals surface area contributed by atoms with Crippen molar-refractivity contribution >= 4 is 33.4 Å². The quantitative estimate of drug-likeness (QED) is 0.359. The minimum absolute atomic E-state index is 0.180. The Labute approximate surface area is 191 Å². The Morgan fingerprint density at radius 1 is 0.939 bits per heavy atom. The molecule has 0 saturated carbocycles. The third-order valence-electron chi connectivity index (χ3n) is 5.55. The van der Waals surface area contributed by atoms with Gasteiger partial charge in [-0.15, -0.1) is 15.0 Å². The van der Waals surface area contributed by atoms with Crippen LogP contribution in [0.1, 0.15) is 29.3 Å². The highest BCUT2D eigenvalue weighted by Gasteiger charge is 2.13. The first-order chi connectivity index (χ1) is 16.1. The second-order valence-electron chi connectivity index (χ2n) is 7.97. The molecule has 0 aliphatic heterocycles. The average Bonchev–Trinajstić information content (AvgIpc) is 3.25. The predicted molar refractivity (Wildman–Crippen MR) is 131 cm³/mol. The van der Waals surface area contributed by atoms with Crippen LogP contribution >= 0.6 is 0 Å². The van der Waals surface area contributed by atoms with E-state index in [4.69, 9.17) is 9.84 Å². The first kappa shape index (κ1) is 20.7. The standard InChI is InChI=1S/C27H24N4O2/c1-3-15-33-21-13-11-20(12-14-21)27(32)28-23-17-25-24(16-18(23)2)29-31(30-25)26-10-6-8-19-7-4-5-9-22(19)26/h4-14,16-17H,3,15H2,1-2H3,(H,28,32). The number of anilines is 1. The van der Waals surface area contributed by atoms with Crippen molar-refractivity contribution in [3.8, 4) is 11.4 Å². The van der Waals surface area contributed by atoms with E-state index in [1.807, 2.05) is 55.5 Å². The third-order valence-corrected chi connectivity index (χ3v) is 5.55. The number of nitrogens with zero attached hydrogens (tertiary/aromatic N) is 3. The molecule has 6 heteroatoms. The Morgan fingerprint density at radius 3 is 2.45 bits per heavy atom. The first-order valence-electron chi connectivity index (χ1n) is 11.0. The van der Waals surface area contributed by atoms with Gasteiger partial charge < -0.3 is 10.1 Å². The molecule has 5 rings (SSSR count). The number of nitrogens with one attached hydrogen (secondary N) is 1. The molecule has 164 valence electrons. The Hall–Kier alpha value is -4.19. The van der Waals surface area contributed by atoms with Gasteiger partial charge in [-0.2, -0.15) is 0 Å². The van der Waals surface area contributed by atoms with Gasteiger partial charge in [-0.05, 0) is 66.8 Å². The molecule has 0 radical (unpaired) electrons. The second kappa shape index (κ2) is 8.74.